The third-order valence-corrected chi connectivity index (χ3v) is 2.75. The van der Waals surface area contributed by atoms with Crippen LogP contribution in [0.2, 0.25) is 0 Å². The van der Waals surface area contributed by atoms with E-state index in [0.717, 1.165) is 17.9 Å². The predicted molar refractivity (Wildman–Crippen MR) is 91.0 cm³/mol. The van der Waals surface area contributed by atoms with E-state index in [1.54, 1.807) is 0 Å². The summed E-state index contributed by atoms with van der Waals surface area (Å²) in [6, 6.07) is 20.4. The molecule has 0 atom stereocenters. The molecule has 0 heterocycles. The van der Waals surface area contributed by atoms with Crippen molar-refractivity contribution in [3.8, 4) is 0 Å². The Kier molecular flexibility index (Phi) is 7.69. The van der Waals surface area contributed by atoms with Gasteiger partial charge in [-0.25, -0.2) is 0 Å². The highest BCUT2D eigenvalue weighted by atomic mass is 32.3. The molecule has 2 rings (SSSR count). The molecule has 0 radical (unpaired) electrons. The monoisotopic (exact) mass is 350 g/mol. The Morgan fingerprint density at radius 3 is 1.62 bits per heavy atom. The fraction of sp³-hybridized carbons (Fsp3) is 0.133. The molecule has 0 aromatic heterocycles. The third kappa shape index (κ3) is 8.73. The highest BCUT2D eigenvalue weighted by molar-refractivity contribution is 7.79. The van der Waals surface area contributed by atoms with Crippen LogP contribution in [-0.2, 0) is 10.4 Å². The first-order valence-electron chi connectivity index (χ1n) is 6.87. The van der Waals surface area contributed by atoms with Gasteiger partial charge >= 0.3 is 0 Å². The summed E-state index contributed by atoms with van der Waals surface area (Å²) in [6.07, 6.45) is 0. The molecule has 0 unspecified atom stereocenters. The zero-order valence-electron chi connectivity index (χ0n) is 12.8. The van der Waals surface area contributed by atoms with E-state index >= 15 is 0 Å². The normalized spacial score (nSPS) is 10.2. The van der Waals surface area contributed by atoms with E-state index in [9.17, 15) is 0 Å². The van der Waals surface area contributed by atoms with Gasteiger partial charge in [0.2, 0.25) is 0 Å². The summed E-state index contributed by atoms with van der Waals surface area (Å²) in [5, 5.41) is 0. The van der Waals surface area contributed by atoms with Crippen molar-refractivity contribution < 1.29 is 17.5 Å². The molecule has 2 aromatic carbocycles. The standard InChI is InChI=1S/C15H18N4.H2O4S/c16-15(17)18-11-12-19(13-7-3-1-4-8-13)14-9-5-2-6-10-14;1-5(2,3)4/h1-10H,11-12H2,(H4,16,17,18);(H2,1,2,3,4)/p-2. The number of rotatable bonds is 5. The number of aliphatic imine (C=N–C) groups is 1. The van der Waals surface area contributed by atoms with Crippen LogP contribution >= 0.6 is 0 Å². The van der Waals surface area contributed by atoms with Gasteiger partial charge in [-0.3, -0.25) is 13.4 Å². The van der Waals surface area contributed by atoms with Gasteiger partial charge < -0.3 is 25.5 Å². The molecule has 0 aliphatic rings. The van der Waals surface area contributed by atoms with Crippen LogP contribution in [0.3, 0.4) is 0 Å². The third-order valence-electron chi connectivity index (χ3n) is 2.75. The van der Waals surface area contributed by atoms with Crippen molar-refractivity contribution in [2.75, 3.05) is 18.0 Å². The quantitative estimate of drug-likeness (QED) is 0.350. The Balaban J connectivity index is 0.000000505. The molecule has 0 saturated heterocycles. The Morgan fingerprint density at radius 2 is 1.29 bits per heavy atom. The van der Waals surface area contributed by atoms with Gasteiger partial charge in [-0.15, -0.1) is 0 Å². The number of hydrogen-bond acceptors (Lipinski definition) is 6. The van der Waals surface area contributed by atoms with Crippen LogP contribution < -0.4 is 16.4 Å². The zero-order valence-corrected chi connectivity index (χ0v) is 13.6. The first kappa shape index (κ1) is 19.4. The molecule has 0 amide bonds. The van der Waals surface area contributed by atoms with Gasteiger partial charge in [0.05, 0.1) is 6.54 Å². The number of hydrogen-bond donors (Lipinski definition) is 2. The Bertz CT molecular complexity index is 685. The molecule has 9 heteroatoms. The number of benzene rings is 2. The first-order chi connectivity index (χ1) is 11.3. The first-order valence-corrected chi connectivity index (χ1v) is 8.20. The van der Waals surface area contributed by atoms with Crippen LogP contribution in [0.15, 0.2) is 65.7 Å². The van der Waals surface area contributed by atoms with Crippen molar-refractivity contribution in [2.24, 2.45) is 16.5 Å². The largest absolute Gasteiger partial charge is 0.759 e. The molecule has 0 aliphatic carbocycles. The lowest BCUT2D eigenvalue weighted by molar-refractivity contribution is 0.352. The molecule has 130 valence electrons. The zero-order chi connectivity index (χ0) is 18.0. The van der Waals surface area contributed by atoms with Crippen LogP contribution in [-0.4, -0.2) is 36.6 Å². The lowest BCUT2D eigenvalue weighted by Crippen LogP contribution is -2.26. The van der Waals surface area contributed by atoms with Gasteiger partial charge in [0.15, 0.2) is 5.96 Å². The van der Waals surface area contributed by atoms with E-state index in [1.165, 1.54) is 0 Å². The highest BCUT2D eigenvalue weighted by Gasteiger charge is 2.07. The van der Waals surface area contributed by atoms with E-state index in [4.69, 9.17) is 29.0 Å². The molecule has 2 aromatic rings. The van der Waals surface area contributed by atoms with Crippen molar-refractivity contribution in [1.82, 2.24) is 0 Å². The summed E-state index contributed by atoms with van der Waals surface area (Å²) in [4.78, 5) is 6.23. The molecule has 24 heavy (non-hydrogen) atoms. The minimum absolute atomic E-state index is 0.126. The second kappa shape index (κ2) is 9.50. The Morgan fingerprint density at radius 1 is 0.917 bits per heavy atom. The minimum Gasteiger partial charge on any atom is -0.759 e. The van der Waals surface area contributed by atoms with Crippen LogP contribution in [0.1, 0.15) is 0 Å². The van der Waals surface area contributed by atoms with Gasteiger partial charge in [0.25, 0.3) is 0 Å². The Labute approximate surface area is 141 Å². The maximum absolute atomic E-state index is 8.52. The molecule has 0 spiro atoms. The van der Waals surface area contributed by atoms with Crippen molar-refractivity contribution in [3.63, 3.8) is 0 Å². The highest BCUT2D eigenvalue weighted by Crippen LogP contribution is 2.24. The fourth-order valence-electron chi connectivity index (χ4n) is 1.90. The van der Waals surface area contributed by atoms with Gasteiger partial charge in [-0.05, 0) is 24.3 Å². The van der Waals surface area contributed by atoms with E-state index in [-0.39, 0.29) is 5.96 Å². The van der Waals surface area contributed by atoms with Crippen LogP contribution in [0.25, 0.3) is 0 Å². The molecular formula is C15H18N4O4S-2. The molecule has 0 saturated carbocycles. The minimum atomic E-state index is -5.17. The summed E-state index contributed by atoms with van der Waals surface area (Å²) < 4.78 is 34.1. The molecule has 8 nitrogen and oxygen atoms in total. The van der Waals surface area contributed by atoms with E-state index in [0.29, 0.717) is 6.54 Å². The molecule has 4 N–H and O–H groups in total. The lowest BCUT2D eigenvalue weighted by atomic mass is 10.2. The maximum Gasteiger partial charge on any atom is 0.185 e. The SMILES string of the molecule is NC(N)=NCCN(c1ccccc1)c1ccccc1.O=S(=O)([O-])[O-]. The topological polar surface area (TPSA) is 148 Å². The summed E-state index contributed by atoms with van der Waals surface area (Å²) in [5.74, 6) is 0.126. The summed E-state index contributed by atoms with van der Waals surface area (Å²) in [5.41, 5.74) is 13.0. The smallest absolute Gasteiger partial charge is 0.185 e. The summed E-state index contributed by atoms with van der Waals surface area (Å²) >= 11 is 0. The average Bonchev–Trinajstić information content (AvgIpc) is 2.51. The van der Waals surface area contributed by atoms with E-state index < -0.39 is 10.4 Å². The van der Waals surface area contributed by atoms with Crippen LogP contribution in [0.4, 0.5) is 11.4 Å². The Hall–Kier alpha value is -2.62. The number of anilines is 2. The number of guanidine groups is 1. The van der Waals surface area contributed by atoms with Crippen molar-refractivity contribution in [3.05, 3.63) is 60.7 Å². The number of nitrogens with two attached hydrogens (primary N) is 2. The van der Waals surface area contributed by atoms with Gasteiger partial charge in [0.1, 0.15) is 0 Å². The summed E-state index contributed by atoms with van der Waals surface area (Å²) in [6.45, 7) is 1.29. The van der Waals surface area contributed by atoms with Crippen molar-refractivity contribution in [2.45, 2.75) is 0 Å². The molecule has 0 aliphatic heterocycles. The van der Waals surface area contributed by atoms with Crippen LogP contribution in [0, 0.1) is 0 Å². The molecule has 0 fully saturated rings. The average molecular weight is 350 g/mol. The van der Waals surface area contributed by atoms with E-state index in [1.807, 2.05) is 36.4 Å². The summed E-state index contributed by atoms with van der Waals surface area (Å²) in [7, 11) is -5.17. The maximum atomic E-state index is 8.52. The lowest BCUT2D eigenvalue weighted by Gasteiger charge is -2.24. The van der Waals surface area contributed by atoms with E-state index in [2.05, 4.69) is 34.2 Å². The number of nitrogens with zero attached hydrogens (tertiary/aromatic N) is 2. The van der Waals surface area contributed by atoms with Gasteiger partial charge in [-0.1, -0.05) is 36.4 Å². The van der Waals surface area contributed by atoms with Crippen molar-refractivity contribution in [1.29, 1.82) is 0 Å². The van der Waals surface area contributed by atoms with Crippen LogP contribution in [0.5, 0.6) is 0 Å². The second-order valence-corrected chi connectivity index (χ2v) is 5.35. The predicted octanol–water partition coefficient (Wildman–Crippen LogP) is 0.760. The molecular weight excluding hydrogens is 332 g/mol. The number of para-hydroxylation sites is 2. The van der Waals surface area contributed by atoms with Crippen molar-refractivity contribution >= 4 is 27.7 Å². The van der Waals surface area contributed by atoms with Gasteiger partial charge in [0, 0.05) is 28.3 Å². The molecule has 0 bridgehead atoms. The second-order valence-electron chi connectivity index (χ2n) is 4.54. The van der Waals surface area contributed by atoms with Gasteiger partial charge in [-0.2, -0.15) is 0 Å². The fourth-order valence-corrected chi connectivity index (χ4v) is 1.90.